The average molecular weight is 426 g/mol. The first-order chi connectivity index (χ1) is 14.6. The van der Waals surface area contributed by atoms with Crippen molar-refractivity contribution in [1.82, 2.24) is 24.8 Å². The molecule has 3 aromatic heterocycles. The van der Waals surface area contributed by atoms with Crippen molar-refractivity contribution in [2.75, 3.05) is 27.3 Å². The molecule has 0 saturated carbocycles. The van der Waals surface area contributed by atoms with E-state index in [1.54, 1.807) is 16.2 Å². The molecule has 1 aliphatic heterocycles. The van der Waals surface area contributed by atoms with Gasteiger partial charge >= 0.3 is 6.01 Å². The number of ether oxygens (including phenoxy) is 2. The maximum atomic E-state index is 13.1. The molecule has 30 heavy (non-hydrogen) atoms. The van der Waals surface area contributed by atoms with Crippen molar-refractivity contribution in [2.45, 2.75) is 25.7 Å². The molecule has 1 amide bonds. The monoisotopic (exact) mass is 425 g/mol. The van der Waals surface area contributed by atoms with Gasteiger partial charge in [-0.1, -0.05) is 6.07 Å². The van der Waals surface area contributed by atoms with Gasteiger partial charge in [0.2, 0.25) is 5.88 Å². The third-order valence-corrected chi connectivity index (χ3v) is 5.90. The van der Waals surface area contributed by atoms with Crippen LogP contribution >= 0.6 is 11.3 Å². The van der Waals surface area contributed by atoms with E-state index in [2.05, 4.69) is 21.0 Å². The summed E-state index contributed by atoms with van der Waals surface area (Å²) in [6.07, 6.45) is 1.81. The van der Waals surface area contributed by atoms with Gasteiger partial charge in [0.25, 0.3) is 5.91 Å². The van der Waals surface area contributed by atoms with Crippen molar-refractivity contribution in [3.63, 3.8) is 0 Å². The van der Waals surface area contributed by atoms with E-state index in [0.717, 1.165) is 34.9 Å². The van der Waals surface area contributed by atoms with Crippen molar-refractivity contribution in [2.24, 2.45) is 0 Å². The number of methoxy groups -OCH3 is 2. The molecule has 0 aliphatic carbocycles. The Morgan fingerprint density at radius 1 is 1.17 bits per heavy atom. The predicted octanol–water partition coefficient (Wildman–Crippen LogP) is 3.34. The van der Waals surface area contributed by atoms with Crippen LogP contribution in [0, 0.1) is 6.92 Å². The zero-order chi connectivity index (χ0) is 21.1. The van der Waals surface area contributed by atoms with E-state index in [-0.39, 0.29) is 23.5 Å². The number of carbonyl (C=O) groups is 1. The fourth-order valence-corrected chi connectivity index (χ4v) is 4.25. The molecule has 0 aromatic carbocycles. The highest BCUT2D eigenvalue weighted by Crippen LogP contribution is 2.29. The maximum Gasteiger partial charge on any atom is 0.320 e. The van der Waals surface area contributed by atoms with E-state index >= 15 is 0 Å². The van der Waals surface area contributed by atoms with Gasteiger partial charge in [-0.2, -0.15) is 9.97 Å². The van der Waals surface area contributed by atoms with Gasteiger partial charge in [-0.3, -0.25) is 4.79 Å². The summed E-state index contributed by atoms with van der Waals surface area (Å²) in [7, 11) is 2.95. The molecule has 0 bridgehead atoms. The Labute approximate surface area is 178 Å². The fourth-order valence-electron chi connectivity index (χ4n) is 3.57. The van der Waals surface area contributed by atoms with Crippen LogP contribution in [0.3, 0.4) is 0 Å². The minimum absolute atomic E-state index is 0.0759. The van der Waals surface area contributed by atoms with Gasteiger partial charge in [-0.05, 0) is 37.3 Å². The van der Waals surface area contributed by atoms with Crippen molar-refractivity contribution in [3.8, 4) is 22.5 Å². The standard InChI is InChI=1S/C21H23N5O3S/c1-13-10-15(17-7-5-9-30-17)23-19(22-13)14-6-4-8-26(12-14)20(27)16-11-18(28-2)25-21(24-16)29-3/h5,7,9-11,14H,4,6,8,12H2,1-3H3/t14-/m1/s1. The predicted molar refractivity (Wildman–Crippen MR) is 113 cm³/mol. The summed E-state index contributed by atoms with van der Waals surface area (Å²) in [6, 6.07) is 7.71. The van der Waals surface area contributed by atoms with Crippen LogP contribution in [0.1, 0.15) is 40.8 Å². The Bertz CT molecular complexity index is 1020. The smallest absolute Gasteiger partial charge is 0.320 e. The van der Waals surface area contributed by atoms with Gasteiger partial charge in [-0.15, -0.1) is 11.3 Å². The molecule has 156 valence electrons. The van der Waals surface area contributed by atoms with E-state index in [0.29, 0.717) is 19.0 Å². The lowest BCUT2D eigenvalue weighted by Gasteiger charge is -2.32. The highest BCUT2D eigenvalue weighted by Gasteiger charge is 2.29. The normalized spacial score (nSPS) is 16.4. The number of thiophene rings is 1. The van der Waals surface area contributed by atoms with Crippen molar-refractivity contribution < 1.29 is 14.3 Å². The van der Waals surface area contributed by atoms with Gasteiger partial charge in [0.05, 0.1) is 24.8 Å². The van der Waals surface area contributed by atoms with Crippen LogP contribution in [0.15, 0.2) is 29.6 Å². The Hall–Kier alpha value is -3.07. The molecular weight excluding hydrogens is 402 g/mol. The van der Waals surface area contributed by atoms with Gasteiger partial charge in [-0.25, -0.2) is 9.97 Å². The van der Waals surface area contributed by atoms with E-state index in [1.807, 2.05) is 24.4 Å². The third kappa shape index (κ3) is 4.25. The summed E-state index contributed by atoms with van der Waals surface area (Å²) >= 11 is 1.66. The summed E-state index contributed by atoms with van der Waals surface area (Å²) in [5.74, 6) is 0.979. The molecular formula is C21H23N5O3S. The van der Waals surface area contributed by atoms with Crippen LogP contribution in [-0.4, -0.2) is 58.1 Å². The Balaban J connectivity index is 1.57. The molecule has 1 aliphatic rings. The van der Waals surface area contributed by atoms with Gasteiger partial charge < -0.3 is 14.4 Å². The number of piperidine rings is 1. The van der Waals surface area contributed by atoms with Crippen molar-refractivity contribution in [1.29, 1.82) is 0 Å². The van der Waals surface area contributed by atoms with E-state index in [9.17, 15) is 4.79 Å². The number of aromatic nitrogens is 4. The Morgan fingerprint density at radius 2 is 2.03 bits per heavy atom. The topological polar surface area (TPSA) is 90.3 Å². The Kier molecular flexibility index (Phi) is 5.89. The number of carbonyl (C=O) groups excluding carboxylic acids is 1. The van der Waals surface area contributed by atoms with E-state index < -0.39 is 0 Å². The van der Waals surface area contributed by atoms with Crippen LogP contribution in [0.2, 0.25) is 0 Å². The van der Waals surface area contributed by atoms with Gasteiger partial charge in [0.15, 0.2) is 0 Å². The van der Waals surface area contributed by atoms with E-state index in [1.165, 1.54) is 20.3 Å². The molecule has 0 N–H and O–H groups in total. The third-order valence-electron chi connectivity index (χ3n) is 5.01. The molecule has 0 unspecified atom stereocenters. The summed E-state index contributed by atoms with van der Waals surface area (Å²) in [6.45, 7) is 3.18. The van der Waals surface area contributed by atoms with Crippen molar-refractivity contribution in [3.05, 3.63) is 46.9 Å². The fraction of sp³-hybridized carbons (Fsp3) is 0.381. The molecule has 1 atom stereocenters. The second kappa shape index (κ2) is 8.74. The van der Waals surface area contributed by atoms with Crippen LogP contribution < -0.4 is 9.47 Å². The second-order valence-corrected chi connectivity index (χ2v) is 8.05. The van der Waals surface area contributed by atoms with Crippen LogP contribution in [0.4, 0.5) is 0 Å². The minimum atomic E-state index is -0.176. The summed E-state index contributed by atoms with van der Waals surface area (Å²) in [5.41, 5.74) is 2.11. The average Bonchev–Trinajstić information content (AvgIpc) is 3.33. The Morgan fingerprint density at radius 3 is 2.77 bits per heavy atom. The molecule has 1 fully saturated rings. The maximum absolute atomic E-state index is 13.1. The van der Waals surface area contributed by atoms with E-state index in [4.69, 9.17) is 14.5 Å². The molecule has 8 nitrogen and oxygen atoms in total. The number of hydrogen-bond donors (Lipinski definition) is 0. The molecule has 4 heterocycles. The molecule has 1 saturated heterocycles. The first-order valence-electron chi connectivity index (χ1n) is 9.73. The summed E-state index contributed by atoms with van der Waals surface area (Å²) in [5, 5.41) is 2.04. The molecule has 0 spiro atoms. The number of nitrogens with zero attached hydrogens (tertiary/aromatic N) is 5. The van der Waals surface area contributed by atoms with Crippen LogP contribution in [0.25, 0.3) is 10.6 Å². The van der Waals surface area contributed by atoms with Crippen LogP contribution in [-0.2, 0) is 0 Å². The zero-order valence-corrected chi connectivity index (χ0v) is 18.0. The van der Waals surface area contributed by atoms with Gasteiger partial charge in [0, 0.05) is 30.8 Å². The molecule has 3 aromatic rings. The quantitative estimate of drug-likeness (QED) is 0.619. The largest absolute Gasteiger partial charge is 0.481 e. The second-order valence-electron chi connectivity index (χ2n) is 7.10. The summed E-state index contributed by atoms with van der Waals surface area (Å²) in [4.78, 5) is 33.8. The first-order valence-corrected chi connectivity index (χ1v) is 10.6. The molecule has 4 rings (SSSR count). The molecule has 0 radical (unpaired) electrons. The van der Waals surface area contributed by atoms with Crippen molar-refractivity contribution >= 4 is 17.2 Å². The highest BCUT2D eigenvalue weighted by atomic mass is 32.1. The number of hydrogen-bond acceptors (Lipinski definition) is 8. The number of amides is 1. The molecule has 9 heteroatoms. The van der Waals surface area contributed by atoms with Crippen LogP contribution in [0.5, 0.6) is 11.9 Å². The first kappa shape index (κ1) is 20.2. The highest BCUT2D eigenvalue weighted by molar-refractivity contribution is 7.13. The van der Waals surface area contributed by atoms with Gasteiger partial charge in [0.1, 0.15) is 11.5 Å². The lowest BCUT2D eigenvalue weighted by Crippen LogP contribution is -2.40. The minimum Gasteiger partial charge on any atom is -0.481 e. The SMILES string of the molecule is COc1cc(C(=O)N2CCC[C@@H](c3nc(C)cc(-c4cccs4)n3)C2)nc(OC)n1. The zero-order valence-electron chi connectivity index (χ0n) is 17.2. The number of aryl methyl sites for hydroxylation is 1. The summed E-state index contributed by atoms with van der Waals surface area (Å²) < 4.78 is 10.3. The lowest BCUT2D eigenvalue weighted by molar-refractivity contribution is 0.0696. The number of likely N-dealkylation sites (tertiary alicyclic amines) is 1. The lowest BCUT2D eigenvalue weighted by atomic mass is 9.96. The number of rotatable bonds is 5.